The molecule has 0 amide bonds. The van der Waals surface area contributed by atoms with Crippen LogP contribution in [-0.4, -0.2) is 4.57 Å². The molecule has 0 fully saturated rings. The molecule has 5 rings (SSSR count). The molecule has 0 atom stereocenters. The van der Waals surface area contributed by atoms with Crippen LogP contribution in [0.1, 0.15) is 82.6 Å². The van der Waals surface area contributed by atoms with Crippen LogP contribution >= 0.6 is 0 Å². The van der Waals surface area contributed by atoms with E-state index >= 15 is 0 Å². The van der Waals surface area contributed by atoms with Gasteiger partial charge in [0.25, 0.3) is 5.82 Å². The molecule has 200 valence electrons. The summed E-state index contributed by atoms with van der Waals surface area (Å²) in [6, 6.07) is 27.0. The molecule has 0 N–H and O–H groups in total. The van der Waals surface area contributed by atoms with E-state index in [9.17, 15) is 0 Å². The van der Waals surface area contributed by atoms with Crippen molar-refractivity contribution in [1.29, 1.82) is 0 Å². The number of rotatable bonds is 5. The first-order chi connectivity index (χ1) is 18.5. The topological polar surface area (TPSA) is 8.81 Å². The zero-order valence-electron chi connectivity index (χ0n) is 25.1. The average molecular weight is 516 g/mol. The van der Waals surface area contributed by atoms with Gasteiger partial charge in [0.05, 0.1) is 12.6 Å². The van der Waals surface area contributed by atoms with Crippen molar-refractivity contribution >= 4 is 10.8 Å². The van der Waals surface area contributed by atoms with E-state index in [-0.39, 0.29) is 5.41 Å². The molecule has 0 aliphatic carbocycles. The molecule has 1 heterocycles. The quantitative estimate of drug-likeness (QED) is 0.206. The predicted octanol–water partition coefficient (Wildman–Crippen LogP) is 9.64. The zero-order valence-corrected chi connectivity index (χ0v) is 25.1. The predicted molar refractivity (Wildman–Crippen MR) is 167 cm³/mol. The van der Waals surface area contributed by atoms with Gasteiger partial charge in [-0.05, 0) is 75.4 Å². The third kappa shape index (κ3) is 4.82. The fourth-order valence-electron chi connectivity index (χ4n) is 5.99. The molecule has 0 bridgehead atoms. The second-order valence-corrected chi connectivity index (χ2v) is 12.7. The normalized spacial score (nSPS) is 12.2. The van der Waals surface area contributed by atoms with Crippen LogP contribution in [0, 0.1) is 6.92 Å². The molecule has 0 spiro atoms. The summed E-state index contributed by atoms with van der Waals surface area (Å²) < 4.78 is 4.76. The number of hydrogen-bond donors (Lipinski definition) is 0. The summed E-state index contributed by atoms with van der Waals surface area (Å²) in [7, 11) is 2.18. The molecule has 0 saturated heterocycles. The minimum Gasteiger partial charge on any atom is -0.232 e. The fourth-order valence-corrected chi connectivity index (χ4v) is 5.99. The van der Waals surface area contributed by atoms with Gasteiger partial charge in [-0.2, -0.15) is 4.57 Å². The summed E-state index contributed by atoms with van der Waals surface area (Å²) in [4.78, 5) is 0. The lowest BCUT2D eigenvalue weighted by atomic mass is 9.81. The molecule has 2 heteroatoms. The molecule has 2 nitrogen and oxygen atoms in total. The Morgan fingerprint density at radius 3 is 1.85 bits per heavy atom. The van der Waals surface area contributed by atoms with Crippen LogP contribution in [0.4, 0.5) is 0 Å². The number of nitrogens with zero attached hydrogens (tertiary/aromatic N) is 2. The highest BCUT2D eigenvalue weighted by Crippen LogP contribution is 2.40. The smallest absolute Gasteiger partial charge is 0.232 e. The Labute approximate surface area is 235 Å². The van der Waals surface area contributed by atoms with Crippen molar-refractivity contribution in [2.45, 2.75) is 72.6 Å². The van der Waals surface area contributed by atoms with Gasteiger partial charge in [0.2, 0.25) is 0 Å². The summed E-state index contributed by atoms with van der Waals surface area (Å²) in [5.41, 5.74) is 10.7. The summed E-state index contributed by atoms with van der Waals surface area (Å²) in [5, 5.41) is 2.69. The highest BCUT2D eigenvalue weighted by Gasteiger charge is 2.30. The van der Waals surface area contributed by atoms with Gasteiger partial charge in [0.1, 0.15) is 18.1 Å². The average Bonchev–Trinajstić information content (AvgIpc) is 3.28. The standard InChI is InChI=1S/C37H43N2/c1-24(2)31-21-28(27-15-11-10-12-16-27)22-32(25(3)4)35(31)39-20-19-38(9)36(39)33-23-34(37(6,7)8)30-18-14-13-17-29(30)26(33)5/h10-25H,1-9H3/q+1. The van der Waals surface area contributed by atoms with Crippen LogP contribution in [0.3, 0.4) is 0 Å². The van der Waals surface area contributed by atoms with Gasteiger partial charge in [-0.1, -0.05) is 103 Å². The third-order valence-electron chi connectivity index (χ3n) is 8.13. The molecule has 5 aromatic rings. The third-order valence-corrected chi connectivity index (χ3v) is 8.13. The molecular formula is C37H43N2+. The number of benzene rings is 4. The van der Waals surface area contributed by atoms with Gasteiger partial charge in [-0.15, -0.1) is 0 Å². The second-order valence-electron chi connectivity index (χ2n) is 12.7. The molecule has 39 heavy (non-hydrogen) atoms. The number of fused-ring (bicyclic) bond motifs is 1. The Hall–Kier alpha value is -3.65. The lowest BCUT2D eigenvalue weighted by molar-refractivity contribution is -0.659. The van der Waals surface area contributed by atoms with E-state index in [4.69, 9.17) is 0 Å². The first-order valence-electron chi connectivity index (χ1n) is 14.3. The van der Waals surface area contributed by atoms with Gasteiger partial charge in [0.15, 0.2) is 0 Å². The first-order valence-corrected chi connectivity index (χ1v) is 14.3. The van der Waals surface area contributed by atoms with Gasteiger partial charge < -0.3 is 0 Å². The largest absolute Gasteiger partial charge is 0.294 e. The maximum Gasteiger partial charge on any atom is 0.294 e. The minimum atomic E-state index is 0.0293. The molecule has 1 aromatic heterocycles. The van der Waals surface area contributed by atoms with Crippen LogP contribution in [-0.2, 0) is 12.5 Å². The Bertz CT molecular complexity index is 1610. The molecule has 0 radical (unpaired) electrons. The molecular weight excluding hydrogens is 472 g/mol. The number of imidazole rings is 1. The molecule has 0 aliphatic heterocycles. The molecule has 0 aliphatic rings. The van der Waals surface area contributed by atoms with Crippen molar-refractivity contribution in [2.75, 3.05) is 0 Å². The van der Waals surface area contributed by atoms with E-state index in [1.54, 1.807) is 0 Å². The number of hydrogen-bond acceptors (Lipinski definition) is 0. The highest BCUT2D eigenvalue weighted by molar-refractivity contribution is 5.94. The van der Waals surface area contributed by atoms with Crippen molar-refractivity contribution in [1.82, 2.24) is 4.57 Å². The van der Waals surface area contributed by atoms with Gasteiger partial charge in [0, 0.05) is 11.1 Å². The monoisotopic (exact) mass is 515 g/mol. The maximum absolute atomic E-state index is 2.46. The maximum atomic E-state index is 2.46. The Kier molecular flexibility index (Phi) is 7.01. The number of aromatic nitrogens is 2. The van der Waals surface area contributed by atoms with Gasteiger partial charge in [-0.25, -0.2) is 4.57 Å². The van der Waals surface area contributed by atoms with Gasteiger partial charge in [-0.3, -0.25) is 0 Å². The van der Waals surface area contributed by atoms with Crippen molar-refractivity contribution in [3.63, 3.8) is 0 Å². The second kappa shape index (κ2) is 10.2. The fraction of sp³-hybridized carbons (Fsp3) is 0.324. The summed E-state index contributed by atoms with van der Waals surface area (Å²) in [6.45, 7) is 18.5. The minimum absolute atomic E-state index is 0.0293. The lowest BCUT2D eigenvalue weighted by Gasteiger charge is -2.24. The summed E-state index contributed by atoms with van der Waals surface area (Å²) in [5.74, 6) is 1.98. The SMILES string of the molecule is Cc1c(-c2n(-c3c(C(C)C)cc(-c4ccccc4)cc3C(C)C)cc[n+]2C)cc(C(C)(C)C)c2ccccc12. The van der Waals surface area contributed by atoms with Crippen LogP contribution in [0.15, 0.2) is 85.2 Å². The van der Waals surface area contributed by atoms with Crippen molar-refractivity contribution < 1.29 is 4.57 Å². The van der Waals surface area contributed by atoms with E-state index in [1.807, 2.05) is 0 Å². The van der Waals surface area contributed by atoms with E-state index in [0.29, 0.717) is 11.8 Å². The molecule has 0 saturated carbocycles. The van der Waals surface area contributed by atoms with Crippen LogP contribution in [0.5, 0.6) is 0 Å². The van der Waals surface area contributed by atoms with E-state index in [1.165, 1.54) is 61.2 Å². The molecule has 0 unspecified atom stereocenters. The highest BCUT2D eigenvalue weighted by atomic mass is 15.1. The van der Waals surface area contributed by atoms with Crippen LogP contribution in [0.25, 0.3) is 39.0 Å². The zero-order chi connectivity index (χ0) is 28.1. The Morgan fingerprint density at radius 2 is 1.28 bits per heavy atom. The first kappa shape index (κ1) is 26.9. The number of aryl methyl sites for hydroxylation is 2. The van der Waals surface area contributed by atoms with Crippen molar-refractivity contribution in [2.24, 2.45) is 7.05 Å². The van der Waals surface area contributed by atoms with E-state index in [2.05, 4.69) is 157 Å². The van der Waals surface area contributed by atoms with E-state index in [0.717, 1.165) is 0 Å². The Morgan fingerprint density at radius 1 is 0.718 bits per heavy atom. The van der Waals surface area contributed by atoms with Crippen molar-refractivity contribution in [3.8, 4) is 28.2 Å². The van der Waals surface area contributed by atoms with E-state index < -0.39 is 0 Å². The van der Waals surface area contributed by atoms with Crippen molar-refractivity contribution in [3.05, 3.63) is 107 Å². The Balaban J connectivity index is 1.85. The van der Waals surface area contributed by atoms with Crippen LogP contribution < -0.4 is 4.57 Å². The van der Waals surface area contributed by atoms with Gasteiger partial charge >= 0.3 is 0 Å². The summed E-state index contributed by atoms with van der Waals surface area (Å²) >= 11 is 0. The lowest BCUT2D eigenvalue weighted by Crippen LogP contribution is -2.30. The molecule has 4 aromatic carbocycles. The van der Waals surface area contributed by atoms with Crippen LogP contribution in [0.2, 0.25) is 0 Å². The summed E-state index contributed by atoms with van der Waals surface area (Å²) in [6.07, 6.45) is 4.47.